The van der Waals surface area contributed by atoms with Crippen molar-refractivity contribution in [3.05, 3.63) is 35.6 Å². The van der Waals surface area contributed by atoms with Gasteiger partial charge in [-0.1, -0.05) is 12.1 Å². The van der Waals surface area contributed by atoms with Crippen molar-refractivity contribution in [2.75, 3.05) is 0 Å². The van der Waals surface area contributed by atoms with Gasteiger partial charge in [0.15, 0.2) is 0 Å². The van der Waals surface area contributed by atoms with Crippen molar-refractivity contribution < 1.29 is 24.3 Å². The maximum absolute atomic E-state index is 12.5. The number of carboxylic acids is 1. The van der Waals surface area contributed by atoms with Crippen molar-refractivity contribution in [2.45, 2.75) is 0 Å². The van der Waals surface area contributed by atoms with Gasteiger partial charge in [-0.3, -0.25) is 0 Å². The van der Waals surface area contributed by atoms with Crippen LogP contribution in [-0.4, -0.2) is 28.8 Å². The summed E-state index contributed by atoms with van der Waals surface area (Å²) in [7, 11) is -0.750. The van der Waals surface area contributed by atoms with Crippen LogP contribution >= 0.6 is 0 Å². The van der Waals surface area contributed by atoms with E-state index in [1.807, 2.05) is 0 Å². The van der Waals surface area contributed by atoms with Crippen LogP contribution in [0.25, 0.3) is 0 Å². The molecular formula is C7H8BFO4. The molecule has 0 unspecified atom stereocenters. The Balaban J connectivity index is 0.000000424. The lowest BCUT2D eigenvalue weighted by atomic mass is 10.2. The van der Waals surface area contributed by atoms with E-state index >= 15 is 0 Å². The van der Waals surface area contributed by atoms with Crippen molar-refractivity contribution in [2.24, 2.45) is 0 Å². The van der Waals surface area contributed by atoms with Gasteiger partial charge in [-0.05, 0) is 12.1 Å². The second-order valence-corrected chi connectivity index (χ2v) is 1.93. The molecule has 0 heterocycles. The Kier molecular flexibility index (Phi) is 5.50. The molecule has 70 valence electrons. The topological polar surface area (TPSA) is 77.8 Å². The highest BCUT2D eigenvalue weighted by molar-refractivity contribution is 6.13. The predicted molar refractivity (Wildman–Crippen MR) is 44.9 cm³/mol. The third-order valence-electron chi connectivity index (χ3n) is 1.10. The summed E-state index contributed by atoms with van der Waals surface area (Å²) in [5.74, 6) is -1.94. The highest BCUT2D eigenvalue weighted by Gasteiger charge is 2.06. The minimum Gasteiger partial charge on any atom is -0.478 e. The number of hydrogen-bond donors (Lipinski definition) is 3. The molecule has 0 spiro atoms. The Hall–Kier alpha value is -1.40. The summed E-state index contributed by atoms with van der Waals surface area (Å²) in [4.78, 5) is 10.2. The molecule has 0 saturated heterocycles. The molecule has 0 aliphatic carbocycles. The maximum Gasteiger partial charge on any atom is 0.432 e. The number of benzene rings is 1. The number of rotatable bonds is 1. The average molecular weight is 186 g/mol. The van der Waals surface area contributed by atoms with Crippen molar-refractivity contribution in [1.29, 1.82) is 0 Å². The van der Waals surface area contributed by atoms with Crippen LogP contribution in [0, 0.1) is 5.82 Å². The molecule has 0 bridgehead atoms. The first-order valence-electron chi connectivity index (χ1n) is 3.33. The molecule has 0 saturated carbocycles. The molecule has 1 aromatic carbocycles. The number of carboxylic acid groups (broad SMARTS) is 1. The number of halogens is 1. The normalized spacial score (nSPS) is 8.23. The van der Waals surface area contributed by atoms with Gasteiger partial charge in [0, 0.05) is 0 Å². The Morgan fingerprint density at radius 2 is 1.77 bits per heavy atom. The highest BCUT2D eigenvalue weighted by atomic mass is 19.1. The van der Waals surface area contributed by atoms with Crippen LogP contribution < -0.4 is 0 Å². The van der Waals surface area contributed by atoms with Crippen LogP contribution in [0.5, 0.6) is 0 Å². The average Bonchev–Trinajstić information content (AvgIpc) is 2.06. The number of carbonyl (C=O) groups is 1. The quantitative estimate of drug-likeness (QED) is 0.529. The van der Waals surface area contributed by atoms with Crippen LogP contribution in [0.2, 0.25) is 0 Å². The summed E-state index contributed by atoms with van der Waals surface area (Å²) >= 11 is 0. The second-order valence-electron chi connectivity index (χ2n) is 1.93. The Bertz CT molecular complexity index is 279. The minimum atomic E-state index is -1.24. The zero-order chi connectivity index (χ0) is 10.3. The maximum atomic E-state index is 12.5. The number of aromatic carboxylic acids is 1. The van der Waals surface area contributed by atoms with Gasteiger partial charge in [-0.15, -0.1) is 0 Å². The Morgan fingerprint density at radius 3 is 2.08 bits per heavy atom. The third kappa shape index (κ3) is 4.24. The first kappa shape index (κ1) is 11.6. The van der Waals surface area contributed by atoms with Crippen LogP contribution in [-0.2, 0) is 0 Å². The van der Waals surface area contributed by atoms with Crippen LogP contribution in [0.15, 0.2) is 24.3 Å². The molecular weight excluding hydrogens is 178 g/mol. The summed E-state index contributed by atoms with van der Waals surface area (Å²) in [5, 5.41) is 22.6. The van der Waals surface area contributed by atoms with Gasteiger partial charge >= 0.3 is 13.7 Å². The van der Waals surface area contributed by atoms with Gasteiger partial charge in [0.05, 0.1) is 5.56 Å². The van der Waals surface area contributed by atoms with Gasteiger partial charge in [-0.2, -0.15) is 0 Å². The summed E-state index contributed by atoms with van der Waals surface area (Å²) in [5.41, 5.74) is -0.289. The smallest absolute Gasteiger partial charge is 0.432 e. The van der Waals surface area contributed by atoms with Gasteiger partial charge in [0.25, 0.3) is 0 Å². The van der Waals surface area contributed by atoms with E-state index in [-0.39, 0.29) is 5.56 Å². The lowest BCUT2D eigenvalue weighted by Gasteiger charge is -1.92. The highest BCUT2D eigenvalue weighted by Crippen LogP contribution is 2.04. The molecule has 3 N–H and O–H groups in total. The summed E-state index contributed by atoms with van der Waals surface area (Å²) < 4.78 is 12.5. The molecule has 6 heteroatoms. The van der Waals surface area contributed by atoms with Crippen molar-refractivity contribution in [3.63, 3.8) is 0 Å². The molecule has 0 aliphatic rings. The van der Waals surface area contributed by atoms with Crippen LogP contribution in [0.4, 0.5) is 4.39 Å². The standard InChI is InChI=1S/C7H5FO2.BH3O2/c8-6-4-2-1-3-5(6)7(9)10;2-1-3/h1-4H,(H,9,10);1-3H. The first-order chi connectivity index (χ1) is 6.13. The fourth-order valence-electron chi connectivity index (χ4n) is 0.635. The van der Waals surface area contributed by atoms with E-state index in [1.54, 1.807) is 0 Å². The lowest BCUT2D eigenvalue weighted by molar-refractivity contribution is 0.0692. The molecule has 0 atom stereocenters. The molecule has 0 amide bonds. The van der Waals surface area contributed by atoms with Crippen molar-refractivity contribution in [3.8, 4) is 0 Å². The van der Waals surface area contributed by atoms with Crippen LogP contribution in [0.1, 0.15) is 10.4 Å². The van der Waals surface area contributed by atoms with E-state index < -0.39 is 19.5 Å². The van der Waals surface area contributed by atoms with E-state index in [0.717, 1.165) is 6.07 Å². The molecule has 0 aliphatic heterocycles. The second kappa shape index (κ2) is 6.16. The molecule has 1 rings (SSSR count). The van der Waals surface area contributed by atoms with Crippen LogP contribution in [0.3, 0.4) is 0 Å². The van der Waals surface area contributed by atoms with E-state index in [4.69, 9.17) is 15.2 Å². The molecule has 1 aromatic rings. The van der Waals surface area contributed by atoms with E-state index in [2.05, 4.69) is 0 Å². The zero-order valence-corrected chi connectivity index (χ0v) is 6.64. The number of hydrogen-bond acceptors (Lipinski definition) is 3. The fraction of sp³-hybridized carbons (Fsp3) is 0. The minimum absolute atomic E-state index is 0.289. The van der Waals surface area contributed by atoms with E-state index in [1.165, 1.54) is 18.2 Å². The van der Waals surface area contributed by atoms with Gasteiger partial charge in [0.2, 0.25) is 0 Å². The van der Waals surface area contributed by atoms with E-state index in [0.29, 0.717) is 0 Å². The lowest BCUT2D eigenvalue weighted by Crippen LogP contribution is -1.98. The summed E-state index contributed by atoms with van der Waals surface area (Å²) in [6.45, 7) is 0. The van der Waals surface area contributed by atoms with Gasteiger partial charge in [-0.25, -0.2) is 9.18 Å². The summed E-state index contributed by atoms with van der Waals surface area (Å²) in [6.07, 6.45) is 0. The third-order valence-corrected chi connectivity index (χ3v) is 1.10. The van der Waals surface area contributed by atoms with E-state index in [9.17, 15) is 9.18 Å². The Morgan fingerprint density at radius 1 is 1.31 bits per heavy atom. The molecule has 0 fully saturated rings. The first-order valence-corrected chi connectivity index (χ1v) is 3.33. The zero-order valence-electron chi connectivity index (χ0n) is 6.64. The summed E-state index contributed by atoms with van der Waals surface area (Å²) in [6, 6.07) is 5.26. The fourth-order valence-corrected chi connectivity index (χ4v) is 0.635. The molecule has 13 heavy (non-hydrogen) atoms. The predicted octanol–water partition coefficient (Wildman–Crippen LogP) is -0.239. The molecule has 0 radical (unpaired) electrons. The van der Waals surface area contributed by atoms with Crippen molar-refractivity contribution in [1.82, 2.24) is 0 Å². The van der Waals surface area contributed by atoms with Gasteiger partial charge < -0.3 is 15.2 Å². The largest absolute Gasteiger partial charge is 0.478 e. The van der Waals surface area contributed by atoms with Gasteiger partial charge in [0.1, 0.15) is 5.82 Å². The molecule has 4 nitrogen and oxygen atoms in total. The Labute approximate surface area is 74.6 Å². The molecule has 0 aromatic heterocycles. The SMILES string of the molecule is O=C(O)c1ccccc1F.OBO. The monoisotopic (exact) mass is 186 g/mol. The van der Waals surface area contributed by atoms with Crippen molar-refractivity contribution >= 4 is 13.7 Å².